The van der Waals surface area contributed by atoms with Crippen molar-refractivity contribution in [3.8, 4) is 5.75 Å². The number of fused-ring (bicyclic) bond motifs is 1. The van der Waals surface area contributed by atoms with Crippen LogP contribution in [-0.4, -0.2) is 19.2 Å². The van der Waals surface area contributed by atoms with Gasteiger partial charge < -0.3 is 14.5 Å². The number of methoxy groups -OCH3 is 1. The topological polar surface area (TPSA) is 34.4 Å². The van der Waals surface area contributed by atoms with Crippen LogP contribution in [0.3, 0.4) is 0 Å². The first-order valence-corrected chi connectivity index (χ1v) is 7.69. The molecule has 3 nitrogen and oxygen atoms in total. The summed E-state index contributed by atoms with van der Waals surface area (Å²) in [6.07, 6.45) is 6.10. The lowest BCUT2D eigenvalue weighted by molar-refractivity contribution is 0.383. The second kappa shape index (κ2) is 6.35. The van der Waals surface area contributed by atoms with E-state index in [1.54, 1.807) is 13.4 Å². The number of aryl methyl sites for hydroxylation is 1. The van der Waals surface area contributed by atoms with Crippen LogP contribution in [0.2, 0.25) is 0 Å². The predicted molar refractivity (Wildman–Crippen MR) is 83.8 cm³/mol. The van der Waals surface area contributed by atoms with E-state index in [9.17, 15) is 0 Å². The van der Waals surface area contributed by atoms with E-state index in [0.29, 0.717) is 12.1 Å². The van der Waals surface area contributed by atoms with Gasteiger partial charge in [-0.15, -0.1) is 0 Å². The van der Waals surface area contributed by atoms with Gasteiger partial charge in [-0.1, -0.05) is 6.07 Å². The van der Waals surface area contributed by atoms with Crippen molar-refractivity contribution in [1.82, 2.24) is 5.32 Å². The molecule has 0 saturated carbocycles. The van der Waals surface area contributed by atoms with Gasteiger partial charge in [-0.2, -0.15) is 0 Å². The van der Waals surface area contributed by atoms with E-state index >= 15 is 0 Å². The zero-order valence-corrected chi connectivity index (χ0v) is 12.8. The zero-order chi connectivity index (χ0) is 14.7. The zero-order valence-electron chi connectivity index (χ0n) is 12.8. The maximum Gasteiger partial charge on any atom is 0.119 e. The summed E-state index contributed by atoms with van der Waals surface area (Å²) < 4.78 is 10.8. The van der Waals surface area contributed by atoms with Gasteiger partial charge in [-0.3, -0.25) is 0 Å². The fourth-order valence-corrected chi connectivity index (χ4v) is 3.19. The third-order valence-corrected chi connectivity index (χ3v) is 4.25. The van der Waals surface area contributed by atoms with Crippen molar-refractivity contribution in [3.63, 3.8) is 0 Å². The van der Waals surface area contributed by atoms with Crippen molar-refractivity contribution in [2.24, 2.45) is 0 Å². The standard InChI is InChI=1S/C18H23NO2/c1-13(10-18-4-3-9-21-18)19-16-7-5-14-6-8-17(20-2)12-15(14)11-16/h3-4,6,8-9,12-13,16,19H,5,7,10-11H2,1-2H3. The minimum atomic E-state index is 0.424. The molecule has 1 N–H and O–H groups in total. The monoisotopic (exact) mass is 285 g/mol. The minimum absolute atomic E-state index is 0.424. The Bertz CT molecular complexity index is 577. The average Bonchev–Trinajstić information content (AvgIpc) is 2.99. The van der Waals surface area contributed by atoms with E-state index in [4.69, 9.17) is 9.15 Å². The third kappa shape index (κ3) is 3.48. The second-order valence-electron chi connectivity index (χ2n) is 5.93. The molecule has 0 bridgehead atoms. The normalized spacial score (nSPS) is 19.0. The van der Waals surface area contributed by atoms with E-state index in [0.717, 1.165) is 30.8 Å². The first-order valence-electron chi connectivity index (χ1n) is 7.69. The summed E-state index contributed by atoms with van der Waals surface area (Å²) >= 11 is 0. The number of benzene rings is 1. The van der Waals surface area contributed by atoms with Crippen LogP contribution in [0.5, 0.6) is 5.75 Å². The van der Waals surface area contributed by atoms with Crippen molar-refractivity contribution in [3.05, 3.63) is 53.5 Å². The van der Waals surface area contributed by atoms with E-state index in [2.05, 4.69) is 30.4 Å². The molecule has 21 heavy (non-hydrogen) atoms. The van der Waals surface area contributed by atoms with Crippen LogP contribution < -0.4 is 10.1 Å². The SMILES string of the molecule is COc1ccc2c(c1)CC(NC(C)Cc1ccco1)CC2. The predicted octanol–water partition coefficient (Wildman–Crippen LogP) is 3.37. The van der Waals surface area contributed by atoms with Gasteiger partial charge in [0.2, 0.25) is 0 Å². The third-order valence-electron chi connectivity index (χ3n) is 4.25. The average molecular weight is 285 g/mol. The Morgan fingerprint density at radius 3 is 3.00 bits per heavy atom. The summed E-state index contributed by atoms with van der Waals surface area (Å²) in [6, 6.07) is 11.4. The van der Waals surface area contributed by atoms with Gasteiger partial charge in [-0.25, -0.2) is 0 Å². The molecule has 2 atom stereocenters. The number of furan rings is 1. The number of ether oxygens (including phenoxy) is 1. The Labute approximate surface area is 126 Å². The molecule has 0 radical (unpaired) electrons. The number of hydrogen-bond acceptors (Lipinski definition) is 3. The molecule has 1 aromatic carbocycles. The fourth-order valence-electron chi connectivity index (χ4n) is 3.19. The van der Waals surface area contributed by atoms with Gasteiger partial charge in [-0.05, 0) is 61.6 Å². The molecule has 1 aliphatic rings. The van der Waals surface area contributed by atoms with Crippen molar-refractivity contribution in [2.75, 3.05) is 7.11 Å². The summed E-state index contributed by atoms with van der Waals surface area (Å²) in [5.41, 5.74) is 2.89. The Morgan fingerprint density at radius 2 is 2.24 bits per heavy atom. The largest absolute Gasteiger partial charge is 0.497 e. The number of hydrogen-bond donors (Lipinski definition) is 1. The molecule has 0 amide bonds. The molecular formula is C18H23NO2. The van der Waals surface area contributed by atoms with Crippen molar-refractivity contribution in [2.45, 2.75) is 44.7 Å². The van der Waals surface area contributed by atoms with Gasteiger partial charge in [0.05, 0.1) is 13.4 Å². The summed E-state index contributed by atoms with van der Waals surface area (Å²) in [5.74, 6) is 2.01. The molecule has 1 heterocycles. The van der Waals surface area contributed by atoms with Gasteiger partial charge in [0, 0.05) is 18.5 Å². The Hall–Kier alpha value is -1.74. The first-order chi connectivity index (χ1) is 10.2. The Balaban J connectivity index is 1.60. The maximum atomic E-state index is 5.42. The van der Waals surface area contributed by atoms with Gasteiger partial charge in [0.25, 0.3) is 0 Å². The molecule has 0 spiro atoms. The van der Waals surface area contributed by atoms with E-state index in [1.807, 2.05) is 12.1 Å². The summed E-state index contributed by atoms with van der Waals surface area (Å²) in [4.78, 5) is 0. The molecular weight excluding hydrogens is 262 g/mol. The molecule has 0 fully saturated rings. The molecule has 3 rings (SSSR count). The number of nitrogens with one attached hydrogen (secondary N) is 1. The smallest absolute Gasteiger partial charge is 0.119 e. The molecule has 0 aliphatic heterocycles. The molecule has 2 aromatic rings. The lowest BCUT2D eigenvalue weighted by Gasteiger charge is -2.28. The van der Waals surface area contributed by atoms with Crippen LogP contribution in [-0.2, 0) is 19.3 Å². The van der Waals surface area contributed by atoms with Gasteiger partial charge in [0.1, 0.15) is 11.5 Å². The highest BCUT2D eigenvalue weighted by Gasteiger charge is 2.20. The van der Waals surface area contributed by atoms with Gasteiger partial charge in [0.15, 0.2) is 0 Å². The molecule has 112 valence electrons. The van der Waals surface area contributed by atoms with Crippen LogP contribution in [0.4, 0.5) is 0 Å². The summed E-state index contributed by atoms with van der Waals surface area (Å²) in [7, 11) is 1.73. The summed E-state index contributed by atoms with van der Waals surface area (Å²) in [6.45, 7) is 2.23. The van der Waals surface area contributed by atoms with E-state index < -0.39 is 0 Å². The second-order valence-corrected chi connectivity index (χ2v) is 5.93. The van der Waals surface area contributed by atoms with Crippen LogP contribution in [0.1, 0.15) is 30.2 Å². The lowest BCUT2D eigenvalue weighted by atomic mass is 9.87. The van der Waals surface area contributed by atoms with Gasteiger partial charge >= 0.3 is 0 Å². The Morgan fingerprint density at radius 1 is 1.33 bits per heavy atom. The first kappa shape index (κ1) is 14.2. The minimum Gasteiger partial charge on any atom is -0.497 e. The lowest BCUT2D eigenvalue weighted by Crippen LogP contribution is -2.41. The van der Waals surface area contributed by atoms with Crippen LogP contribution in [0.15, 0.2) is 41.0 Å². The quantitative estimate of drug-likeness (QED) is 0.914. The van der Waals surface area contributed by atoms with Crippen molar-refractivity contribution < 1.29 is 9.15 Å². The highest BCUT2D eigenvalue weighted by atomic mass is 16.5. The molecule has 0 saturated heterocycles. The molecule has 1 aliphatic carbocycles. The number of rotatable bonds is 5. The van der Waals surface area contributed by atoms with E-state index in [-0.39, 0.29) is 0 Å². The molecule has 2 unspecified atom stereocenters. The molecule has 3 heteroatoms. The summed E-state index contributed by atoms with van der Waals surface area (Å²) in [5, 5.41) is 3.73. The van der Waals surface area contributed by atoms with E-state index in [1.165, 1.54) is 17.5 Å². The maximum absolute atomic E-state index is 5.42. The van der Waals surface area contributed by atoms with Crippen LogP contribution in [0.25, 0.3) is 0 Å². The highest BCUT2D eigenvalue weighted by molar-refractivity contribution is 5.37. The van der Waals surface area contributed by atoms with Crippen LogP contribution in [0, 0.1) is 0 Å². The Kier molecular flexibility index (Phi) is 4.30. The molecule has 1 aromatic heterocycles. The van der Waals surface area contributed by atoms with Crippen molar-refractivity contribution >= 4 is 0 Å². The van der Waals surface area contributed by atoms with Crippen LogP contribution >= 0.6 is 0 Å². The highest BCUT2D eigenvalue weighted by Crippen LogP contribution is 2.25. The van der Waals surface area contributed by atoms with Crippen molar-refractivity contribution in [1.29, 1.82) is 0 Å². The fraction of sp³-hybridized carbons (Fsp3) is 0.444.